The Balaban J connectivity index is 2.01. The van der Waals surface area contributed by atoms with Crippen molar-refractivity contribution < 1.29 is 9.47 Å². The Labute approximate surface area is 139 Å². The van der Waals surface area contributed by atoms with Crippen molar-refractivity contribution >= 4 is 23.2 Å². The highest BCUT2D eigenvalue weighted by Gasteiger charge is 2.42. The van der Waals surface area contributed by atoms with Crippen LogP contribution >= 0.6 is 23.2 Å². The molecule has 1 fully saturated rings. The SMILES string of the molecule is CCC1CCOC(Cn2cncn2)(c2ccc(Cl)cc2Cl)O1. The summed E-state index contributed by atoms with van der Waals surface area (Å²) in [6.07, 6.45) is 5.00. The lowest BCUT2D eigenvalue weighted by molar-refractivity contribution is -0.310. The number of benzene rings is 1. The van der Waals surface area contributed by atoms with Crippen molar-refractivity contribution in [2.45, 2.75) is 38.2 Å². The van der Waals surface area contributed by atoms with Crippen molar-refractivity contribution in [3.05, 3.63) is 46.5 Å². The summed E-state index contributed by atoms with van der Waals surface area (Å²) in [6, 6.07) is 5.33. The third-order valence-electron chi connectivity index (χ3n) is 3.77. The Morgan fingerprint density at radius 3 is 2.95 bits per heavy atom. The molecule has 0 spiro atoms. The number of nitrogens with zero attached hydrogens (tertiary/aromatic N) is 3. The Morgan fingerprint density at radius 2 is 2.27 bits per heavy atom. The summed E-state index contributed by atoms with van der Waals surface area (Å²) in [5.41, 5.74) is 0.757. The summed E-state index contributed by atoms with van der Waals surface area (Å²) in [5.74, 6) is -0.978. The van der Waals surface area contributed by atoms with Gasteiger partial charge in [-0.2, -0.15) is 5.10 Å². The van der Waals surface area contributed by atoms with Gasteiger partial charge in [-0.1, -0.05) is 36.2 Å². The Morgan fingerprint density at radius 1 is 1.41 bits per heavy atom. The average molecular weight is 342 g/mol. The molecule has 2 heterocycles. The molecule has 5 nitrogen and oxygen atoms in total. The fraction of sp³-hybridized carbons (Fsp3) is 0.467. The Hall–Kier alpha value is -1.14. The summed E-state index contributed by atoms with van der Waals surface area (Å²) in [4.78, 5) is 3.97. The van der Waals surface area contributed by atoms with Crippen LogP contribution in [-0.2, 0) is 21.8 Å². The Kier molecular flexibility index (Phi) is 4.68. The van der Waals surface area contributed by atoms with E-state index in [2.05, 4.69) is 17.0 Å². The van der Waals surface area contributed by atoms with Crippen LogP contribution in [0.1, 0.15) is 25.3 Å². The number of ether oxygens (including phenoxy) is 2. The quantitative estimate of drug-likeness (QED) is 0.851. The maximum absolute atomic E-state index is 6.39. The van der Waals surface area contributed by atoms with Crippen molar-refractivity contribution in [2.24, 2.45) is 0 Å². The first-order valence-electron chi connectivity index (χ1n) is 7.22. The molecule has 0 bridgehead atoms. The second kappa shape index (κ2) is 6.54. The van der Waals surface area contributed by atoms with Gasteiger partial charge in [0, 0.05) is 10.6 Å². The van der Waals surface area contributed by atoms with Crippen molar-refractivity contribution in [3.8, 4) is 0 Å². The smallest absolute Gasteiger partial charge is 0.217 e. The first-order valence-corrected chi connectivity index (χ1v) is 7.98. The number of rotatable bonds is 4. The van der Waals surface area contributed by atoms with Gasteiger partial charge in [0.1, 0.15) is 19.2 Å². The molecule has 22 heavy (non-hydrogen) atoms. The lowest BCUT2D eigenvalue weighted by atomic mass is 10.0. The topological polar surface area (TPSA) is 49.2 Å². The summed E-state index contributed by atoms with van der Waals surface area (Å²) < 4.78 is 14.0. The number of aromatic nitrogens is 3. The van der Waals surface area contributed by atoms with E-state index in [1.54, 1.807) is 23.1 Å². The van der Waals surface area contributed by atoms with Gasteiger partial charge in [0.15, 0.2) is 0 Å². The molecule has 7 heteroatoms. The average Bonchev–Trinajstić information content (AvgIpc) is 3.00. The van der Waals surface area contributed by atoms with Crippen molar-refractivity contribution in [1.29, 1.82) is 0 Å². The summed E-state index contributed by atoms with van der Waals surface area (Å²) >= 11 is 12.4. The molecule has 1 aromatic carbocycles. The van der Waals surface area contributed by atoms with Crippen LogP contribution in [0, 0.1) is 0 Å². The Bertz CT molecular complexity index is 636. The zero-order chi connectivity index (χ0) is 15.6. The molecule has 1 aliphatic heterocycles. The van der Waals surface area contributed by atoms with Crippen LogP contribution in [0.3, 0.4) is 0 Å². The fourth-order valence-electron chi connectivity index (χ4n) is 2.64. The highest BCUT2D eigenvalue weighted by molar-refractivity contribution is 6.35. The first kappa shape index (κ1) is 15.7. The van der Waals surface area contributed by atoms with Gasteiger partial charge in [-0.05, 0) is 25.0 Å². The van der Waals surface area contributed by atoms with E-state index in [1.807, 2.05) is 6.07 Å². The van der Waals surface area contributed by atoms with Gasteiger partial charge in [0.2, 0.25) is 5.79 Å². The largest absolute Gasteiger partial charge is 0.344 e. The number of hydrogen-bond acceptors (Lipinski definition) is 4. The number of halogens is 2. The maximum atomic E-state index is 6.39. The first-order chi connectivity index (χ1) is 10.6. The van der Waals surface area contributed by atoms with Gasteiger partial charge in [-0.3, -0.25) is 0 Å². The molecule has 1 aromatic heterocycles. The number of hydrogen-bond donors (Lipinski definition) is 0. The van der Waals surface area contributed by atoms with E-state index in [-0.39, 0.29) is 6.10 Å². The third kappa shape index (κ3) is 3.13. The van der Waals surface area contributed by atoms with Gasteiger partial charge in [0.25, 0.3) is 0 Å². The third-order valence-corrected chi connectivity index (χ3v) is 4.31. The maximum Gasteiger partial charge on any atom is 0.217 e. The zero-order valence-corrected chi connectivity index (χ0v) is 13.7. The second-order valence-corrected chi connectivity index (χ2v) is 6.10. The molecule has 0 N–H and O–H groups in total. The standard InChI is InChI=1S/C15H17Cl2N3O2/c1-2-12-5-6-21-15(22-12,8-20-10-18-9-19-20)13-4-3-11(16)7-14(13)17/h3-4,7,9-10,12H,2,5-6,8H2,1H3. The van der Waals surface area contributed by atoms with E-state index in [4.69, 9.17) is 32.7 Å². The van der Waals surface area contributed by atoms with E-state index in [9.17, 15) is 0 Å². The lowest BCUT2D eigenvalue weighted by Crippen LogP contribution is -2.45. The molecule has 2 aromatic rings. The van der Waals surface area contributed by atoms with Gasteiger partial charge >= 0.3 is 0 Å². The molecular weight excluding hydrogens is 325 g/mol. The lowest BCUT2D eigenvalue weighted by Gasteiger charge is -2.41. The molecule has 0 aliphatic carbocycles. The molecule has 0 saturated carbocycles. The summed E-state index contributed by atoms with van der Waals surface area (Å²) in [7, 11) is 0. The minimum absolute atomic E-state index is 0.115. The van der Waals surface area contributed by atoms with Crippen molar-refractivity contribution in [3.63, 3.8) is 0 Å². The van der Waals surface area contributed by atoms with Crippen molar-refractivity contribution in [2.75, 3.05) is 6.61 Å². The van der Waals surface area contributed by atoms with E-state index < -0.39 is 5.79 Å². The van der Waals surface area contributed by atoms with Crippen LogP contribution in [0.5, 0.6) is 0 Å². The van der Waals surface area contributed by atoms with Crippen LogP contribution in [0.25, 0.3) is 0 Å². The van der Waals surface area contributed by atoms with Gasteiger partial charge in [-0.15, -0.1) is 0 Å². The van der Waals surface area contributed by atoms with Crippen LogP contribution in [0.15, 0.2) is 30.9 Å². The predicted octanol–water partition coefficient (Wildman–Crippen LogP) is 3.65. The van der Waals surface area contributed by atoms with Crippen LogP contribution in [0.4, 0.5) is 0 Å². The predicted molar refractivity (Wildman–Crippen MR) is 83.9 cm³/mol. The molecule has 2 atom stereocenters. The minimum atomic E-state index is -0.978. The van der Waals surface area contributed by atoms with E-state index in [0.29, 0.717) is 23.2 Å². The van der Waals surface area contributed by atoms with Gasteiger partial charge in [-0.25, -0.2) is 9.67 Å². The molecule has 118 valence electrons. The molecule has 1 saturated heterocycles. The van der Waals surface area contributed by atoms with Crippen molar-refractivity contribution in [1.82, 2.24) is 14.8 Å². The summed E-state index contributed by atoms with van der Waals surface area (Å²) in [5, 5.41) is 5.25. The van der Waals surface area contributed by atoms with Crippen LogP contribution in [0.2, 0.25) is 10.0 Å². The normalized spacial score (nSPS) is 25.3. The molecule has 0 amide bonds. The van der Waals surface area contributed by atoms with E-state index in [0.717, 1.165) is 18.4 Å². The highest BCUT2D eigenvalue weighted by atomic mass is 35.5. The second-order valence-electron chi connectivity index (χ2n) is 5.26. The molecular formula is C15H17Cl2N3O2. The van der Waals surface area contributed by atoms with E-state index >= 15 is 0 Å². The van der Waals surface area contributed by atoms with Crippen LogP contribution < -0.4 is 0 Å². The zero-order valence-electron chi connectivity index (χ0n) is 12.2. The monoisotopic (exact) mass is 341 g/mol. The highest BCUT2D eigenvalue weighted by Crippen LogP contribution is 2.40. The molecule has 1 aliphatic rings. The van der Waals surface area contributed by atoms with Crippen LogP contribution in [-0.4, -0.2) is 27.5 Å². The van der Waals surface area contributed by atoms with E-state index in [1.165, 1.54) is 6.33 Å². The minimum Gasteiger partial charge on any atom is -0.344 e. The summed E-state index contributed by atoms with van der Waals surface area (Å²) in [6.45, 7) is 3.08. The molecule has 3 rings (SSSR count). The molecule has 2 unspecified atom stereocenters. The van der Waals surface area contributed by atoms with Gasteiger partial charge < -0.3 is 9.47 Å². The van der Waals surface area contributed by atoms with Gasteiger partial charge in [0.05, 0.1) is 17.7 Å². The fourth-order valence-corrected chi connectivity index (χ4v) is 3.19. The molecule has 0 radical (unpaired) electrons.